The number of alkyl halides is 3. The molecule has 0 spiro atoms. The van der Waals surface area contributed by atoms with Crippen LogP contribution in [0, 0.1) is 0 Å². The molecule has 6 nitrogen and oxygen atoms in total. The molecule has 148 valence electrons. The zero-order valence-electron chi connectivity index (χ0n) is 14.2. The standard InChI is InChI=1S/C17H13ClF3N3O3S/c1-27-14-9-11(7-8-13(14)18)16-22-15(17(19,20)21)10-24(16)23-28(25,26)12-5-3-2-4-6-12/h2-10,23H,1H3. The van der Waals surface area contributed by atoms with E-state index in [1.54, 1.807) is 6.07 Å². The molecule has 0 amide bonds. The lowest BCUT2D eigenvalue weighted by Gasteiger charge is -2.12. The van der Waals surface area contributed by atoms with Crippen LogP contribution in [0.3, 0.4) is 0 Å². The number of ether oxygens (including phenoxy) is 1. The first-order valence-corrected chi connectivity index (χ1v) is 9.56. The molecule has 0 fully saturated rings. The molecule has 0 saturated carbocycles. The smallest absolute Gasteiger partial charge is 0.434 e. The molecule has 0 bridgehead atoms. The minimum absolute atomic E-state index is 0.114. The summed E-state index contributed by atoms with van der Waals surface area (Å²) in [6.07, 6.45) is -4.20. The molecule has 1 heterocycles. The highest BCUT2D eigenvalue weighted by Gasteiger charge is 2.35. The van der Waals surface area contributed by atoms with E-state index in [4.69, 9.17) is 16.3 Å². The van der Waals surface area contributed by atoms with E-state index < -0.39 is 21.9 Å². The zero-order chi connectivity index (χ0) is 20.5. The number of hydrogen-bond acceptors (Lipinski definition) is 4. The highest BCUT2D eigenvalue weighted by Crippen LogP contribution is 2.33. The molecule has 0 aliphatic rings. The van der Waals surface area contributed by atoms with Gasteiger partial charge in [-0.25, -0.2) is 14.5 Å². The van der Waals surface area contributed by atoms with Crippen molar-refractivity contribution in [2.24, 2.45) is 0 Å². The van der Waals surface area contributed by atoms with Crippen molar-refractivity contribution in [1.82, 2.24) is 9.66 Å². The SMILES string of the molecule is COc1cc(-c2nc(C(F)(F)F)cn2NS(=O)(=O)c2ccccc2)ccc1Cl. The van der Waals surface area contributed by atoms with Crippen LogP contribution in [0.4, 0.5) is 13.2 Å². The number of methoxy groups -OCH3 is 1. The van der Waals surface area contributed by atoms with Crippen LogP contribution in [0.2, 0.25) is 5.02 Å². The van der Waals surface area contributed by atoms with E-state index in [0.717, 1.165) is 0 Å². The van der Waals surface area contributed by atoms with E-state index in [2.05, 4.69) is 9.82 Å². The average molecular weight is 432 g/mol. The molecular formula is C17H13ClF3N3O3S. The van der Waals surface area contributed by atoms with E-state index in [1.165, 1.54) is 49.6 Å². The number of aromatic nitrogens is 2. The summed E-state index contributed by atoms with van der Waals surface area (Å²) in [5.41, 5.74) is -1.08. The summed E-state index contributed by atoms with van der Waals surface area (Å²) < 4.78 is 70.3. The van der Waals surface area contributed by atoms with Gasteiger partial charge in [-0.1, -0.05) is 29.8 Å². The molecule has 0 atom stereocenters. The van der Waals surface area contributed by atoms with Gasteiger partial charge in [0.05, 0.1) is 23.2 Å². The maximum Gasteiger partial charge on any atom is 0.434 e. The largest absolute Gasteiger partial charge is 0.495 e. The summed E-state index contributed by atoms with van der Waals surface area (Å²) in [4.78, 5) is 5.53. The molecule has 0 aliphatic heterocycles. The van der Waals surface area contributed by atoms with Crippen molar-refractivity contribution in [3.63, 3.8) is 0 Å². The van der Waals surface area contributed by atoms with Gasteiger partial charge < -0.3 is 4.74 Å². The zero-order valence-corrected chi connectivity index (χ0v) is 15.8. The Hall–Kier alpha value is -2.72. The number of benzene rings is 2. The second kappa shape index (κ2) is 7.36. The third kappa shape index (κ3) is 4.07. The van der Waals surface area contributed by atoms with Crippen LogP contribution in [-0.2, 0) is 16.2 Å². The number of nitrogens with one attached hydrogen (secondary N) is 1. The van der Waals surface area contributed by atoms with Gasteiger partial charge in [0.1, 0.15) is 5.75 Å². The Balaban J connectivity index is 2.12. The number of hydrogen-bond donors (Lipinski definition) is 1. The van der Waals surface area contributed by atoms with Crippen LogP contribution in [-0.4, -0.2) is 25.2 Å². The second-order valence-corrected chi connectivity index (χ2v) is 7.64. The Labute approximate surface area is 163 Å². The van der Waals surface area contributed by atoms with Gasteiger partial charge in [0.15, 0.2) is 11.5 Å². The highest BCUT2D eigenvalue weighted by atomic mass is 35.5. The maximum absolute atomic E-state index is 13.2. The van der Waals surface area contributed by atoms with Crippen molar-refractivity contribution in [3.8, 4) is 17.1 Å². The average Bonchev–Trinajstić information content (AvgIpc) is 3.06. The monoisotopic (exact) mass is 431 g/mol. The molecule has 0 radical (unpaired) electrons. The van der Waals surface area contributed by atoms with E-state index in [0.29, 0.717) is 10.9 Å². The predicted octanol–water partition coefficient (Wildman–Crippen LogP) is 4.16. The molecule has 0 aliphatic carbocycles. The van der Waals surface area contributed by atoms with Gasteiger partial charge in [-0.3, -0.25) is 0 Å². The Kier molecular flexibility index (Phi) is 5.26. The summed E-state index contributed by atoms with van der Waals surface area (Å²) in [6, 6.07) is 11.4. The van der Waals surface area contributed by atoms with Crippen LogP contribution < -0.4 is 9.57 Å². The normalized spacial score (nSPS) is 12.0. The lowest BCUT2D eigenvalue weighted by atomic mass is 10.2. The number of halogens is 4. The van der Waals surface area contributed by atoms with Crippen LogP contribution in [0.1, 0.15) is 5.69 Å². The quantitative estimate of drug-likeness (QED) is 0.658. The van der Waals surface area contributed by atoms with E-state index in [1.807, 2.05) is 0 Å². The van der Waals surface area contributed by atoms with Gasteiger partial charge in [0.2, 0.25) is 0 Å². The Bertz CT molecular complexity index is 1100. The number of nitrogens with zero attached hydrogens (tertiary/aromatic N) is 2. The van der Waals surface area contributed by atoms with E-state index in [9.17, 15) is 21.6 Å². The van der Waals surface area contributed by atoms with Gasteiger partial charge in [-0.05, 0) is 30.3 Å². The fourth-order valence-electron chi connectivity index (χ4n) is 2.37. The van der Waals surface area contributed by atoms with Crippen molar-refractivity contribution in [1.29, 1.82) is 0 Å². The van der Waals surface area contributed by atoms with Crippen LogP contribution in [0.25, 0.3) is 11.4 Å². The molecule has 11 heteroatoms. The highest BCUT2D eigenvalue weighted by molar-refractivity contribution is 7.92. The molecule has 2 aromatic carbocycles. The number of rotatable bonds is 5. The Morgan fingerprint density at radius 3 is 2.43 bits per heavy atom. The first-order chi connectivity index (χ1) is 13.1. The Morgan fingerprint density at radius 2 is 1.82 bits per heavy atom. The van der Waals surface area contributed by atoms with Crippen molar-refractivity contribution < 1.29 is 26.3 Å². The van der Waals surface area contributed by atoms with Gasteiger partial charge in [0.25, 0.3) is 10.0 Å². The first-order valence-electron chi connectivity index (χ1n) is 7.70. The third-order valence-electron chi connectivity index (χ3n) is 3.68. The molecule has 1 aromatic heterocycles. The summed E-state index contributed by atoms with van der Waals surface area (Å²) in [6.45, 7) is 0. The fourth-order valence-corrected chi connectivity index (χ4v) is 3.58. The second-order valence-electron chi connectivity index (χ2n) is 5.57. The molecule has 3 rings (SSSR count). The summed E-state index contributed by atoms with van der Waals surface area (Å²) >= 11 is 5.94. The van der Waals surface area contributed by atoms with E-state index in [-0.39, 0.29) is 27.1 Å². The predicted molar refractivity (Wildman–Crippen MR) is 97.2 cm³/mol. The first kappa shape index (κ1) is 20.0. The fraction of sp³-hybridized carbons (Fsp3) is 0.118. The van der Waals surface area contributed by atoms with Crippen LogP contribution in [0.15, 0.2) is 59.6 Å². The number of imidazole rings is 1. The van der Waals surface area contributed by atoms with Gasteiger partial charge in [0, 0.05) is 5.56 Å². The van der Waals surface area contributed by atoms with Crippen LogP contribution in [0.5, 0.6) is 5.75 Å². The van der Waals surface area contributed by atoms with Gasteiger partial charge in [-0.15, -0.1) is 0 Å². The molecule has 0 saturated heterocycles. The molecule has 1 N–H and O–H groups in total. The topological polar surface area (TPSA) is 73.2 Å². The lowest BCUT2D eigenvalue weighted by Crippen LogP contribution is -2.23. The van der Waals surface area contributed by atoms with Gasteiger partial charge in [-0.2, -0.15) is 21.6 Å². The van der Waals surface area contributed by atoms with Crippen molar-refractivity contribution in [2.45, 2.75) is 11.1 Å². The maximum atomic E-state index is 13.2. The third-order valence-corrected chi connectivity index (χ3v) is 5.32. The molecule has 3 aromatic rings. The van der Waals surface area contributed by atoms with Crippen molar-refractivity contribution in [3.05, 3.63) is 65.4 Å². The molecule has 28 heavy (non-hydrogen) atoms. The summed E-state index contributed by atoms with van der Waals surface area (Å²) in [5.74, 6) is -0.0741. The minimum atomic E-state index is -4.77. The molecular weight excluding hydrogens is 419 g/mol. The van der Waals surface area contributed by atoms with Gasteiger partial charge >= 0.3 is 6.18 Å². The Morgan fingerprint density at radius 1 is 1.14 bits per heavy atom. The van der Waals surface area contributed by atoms with Crippen molar-refractivity contribution in [2.75, 3.05) is 11.9 Å². The number of sulfonamides is 1. The minimum Gasteiger partial charge on any atom is -0.495 e. The van der Waals surface area contributed by atoms with Crippen molar-refractivity contribution >= 4 is 21.6 Å². The lowest BCUT2D eigenvalue weighted by molar-refractivity contribution is -0.140. The van der Waals surface area contributed by atoms with E-state index >= 15 is 0 Å². The summed E-state index contributed by atoms with van der Waals surface area (Å²) in [5, 5.41) is 0.241. The van der Waals surface area contributed by atoms with Crippen LogP contribution >= 0.6 is 11.6 Å². The molecule has 0 unspecified atom stereocenters. The summed E-state index contributed by atoms with van der Waals surface area (Å²) in [7, 11) is -2.81.